The van der Waals surface area contributed by atoms with Crippen molar-refractivity contribution in [2.45, 2.75) is 45.9 Å². The minimum absolute atomic E-state index is 0.242. The molecule has 4 heteroatoms. The molecule has 1 N–H and O–H groups in total. The number of aryl methyl sites for hydroxylation is 2. The third kappa shape index (κ3) is 3.60. The molecule has 23 heavy (non-hydrogen) atoms. The van der Waals surface area contributed by atoms with Crippen molar-refractivity contribution in [2.24, 2.45) is 7.05 Å². The van der Waals surface area contributed by atoms with Gasteiger partial charge in [0.1, 0.15) is 0 Å². The van der Waals surface area contributed by atoms with Gasteiger partial charge in [0.15, 0.2) is 0 Å². The summed E-state index contributed by atoms with van der Waals surface area (Å²) in [6, 6.07) is 4.71. The second-order valence-corrected chi connectivity index (χ2v) is 6.70. The van der Waals surface area contributed by atoms with E-state index in [1.165, 1.54) is 27.6 Å². The Hall–Kier alpha value is -1.36. The Bertz CT molecular complexity index is 676. The molecule has 0 saturated heterocycles. The summed E-state index contributed by atoms with van der Waals surface area (Å²) in [4.78, 5) is 2.45. The largest absolute Gasteiger partial charge is 0.393 e. The molecule has 126 valence electrons. The lowest BCUT2D eigenvalue weighted by Crippen LogP contribution is -2.21. The fourth-order valence-electron chi connectivity index (χ4n) is 3.49. The Morgan fingerprint density at radius 2 is 2.00 bits per heavy atom. The molecule has 0 aliphatic carbocycles. The first-order valence-corrected chi connectivity index (χ1v) is 8.66. The molecular formula is C19H28N2O2. The van der Waals surface area contributed by atoms with E-state index in [1.807, 2.05) is 13.8 Å². The number of nitrogens with zero attached hydrogens (tertiary/aromatic N) is 2. The van der Waals surface area contributed by atoms with Crippen LogP contribution in [0.15, 0.2) is 18.3 Å². The highest BCUT2D eigenvalue weighted by Crippen LogP contribution is 2.31. The van der Waals surface area contributed by atoms with E-state index >= 15 is 0 Å². The number of benzene rings is 1. The predicted molar refractivity (Wildman–Crippen MR) is 93.5 cm³/mol. The number of aliphatic hydroxyl groups is 1. The van der Waals surface area contributed by atoms with Crippen LogP contribution >= 0.6 is 0 Å². The molecule has 1 aliphatic heterocycles. The Morgan fingerprint density at radius 3 is 2.70 bits per heavy atom. The highest BCUT2D eigenvalue weighted by atomic mass is 16.5. The molecule has 4 nitrogen and oxygen atoms in total. The van der Waals surface area contributed by atoms with E-state index in [4.69, 9.17) is 4.74 Å². The van der Waals surface area contributed by atoms with Crippen LogP contribution in [0.1, 0.15) is 37.0 Å². The molecule has 0 saturated carbocycles. The van der Waals surface area contributed by atoms with E-state index in [0.29, 0.717) is 0 Å². The van der Waals surface area contributed by atoms with E-state index in [2.05, 4.69) is 34.8 Å². The molecule has 2 aromatic rings. The van der Waals surface area contributed by atoms with Gasteiger partial charge < -0.3 is 14.4 Å². The summed E-state index contributed by atoms with van der Waals surface area (Å²) in [5.74, 6) is 0. The van der Waals surface area contributed by atoms with Gasteiger partial charge in [0.25, 0.3) is 0 Å². The van der Waals surface area contributed by atoms with Gasteiger partial charge in [-0.15, -0.1) is 0 Å². The van der Waals surface area contributed by atoms with Gasteiger partial charge in [-0.1, -0.05) is 0 Å². The van der Waals surface area contributed by atoms with Crippen molar-refractivity contribution in [3.63, 3.8) is 0 Å². The number of fused-ring (bicyclic) bond motifs is 2. The standard InChI is InChI=1S/C19H28N2O2/c1-4-23-8-7-21-12-16-9-18-15(6-5-14(2)22)11-20(3)19(18)10-17(16)13-21/h9-11,14,22H,4-8,12-13H2,1-3H3. The van der Waals surface area contributed by atoms with Gasteiger partial charge in [-0.25, -0.2) is 0 Å². The second kappa shape index (κ2) is 7.04. The smallest absolute Gasteiger partial charge is 0.0593 e. The average Bonchev–Trinajstić information content (AvgIpc) is 3.04. The van der Waals surface area contributed by atoms with Crippen molar-refractivity contribution in [3.05, 3.63) is 35.0 Å². The number of aliphatic hydroxyl groups excluding tert-OH is 1. The highest BCUT2D eigenvalue weighted by Gasteiger charge is 2.21. The van der Waals surface area contributed by atoms with Crippen LogP contribution in [-0.4, -0.2) is 40.4 Å². The van der Waals surface area contributed by atoms with Crippen molar-refractivity contribution in [1.82, 2.24) is 9.47 Å². The molecule has 1 aliphatic rings. The van der Waals surface area contributed by atoms with E-state index < -0.39 is 0 Å². The van der Waals surface area contributed by atoms with Crippen molar-refractivity contribution in [3.8, 4) is 0 Å². The summed E-state index contributed by atoms with van der Waals surface area (Å²) in [5.41, 5.74) is 5.53. The summed E-state index contributed by atoms with van der Waals surface area (Å²) in [7, 11) is 2.11. The molecule has 3 rings (SSSR count). The third-order valence-electron chi connectivity index (χ3n) is 4.77. The minimum atomic E-state index is -0.242. The van der Waals surface area contributed by atoms with Crippen LogP contribution in [0, 0.1) is 0 Å². The average molecular weight is 316 g/mol. The van der Waals surface area contributed by atoms with Crippen LogP contribution in [0.25, 0.3) is 10.9 Å². The summed E-state index contributed by atoms with van der Waals surface area (Å²) >= 11 is 0. The van der Waals surface area contributed by atoms with Crippen molar-refractivity contribution in [2.75, 3.05) is 19.8 Å². The minimum Gasteiger partial charge on any atom is -0.393 e. The first kappa shape index (κ1) is 16.5. The molecule has 1 atom stereocenters. The van der Waals surface area contributed by atoms with Gasteiger partial charge in [0.2, 0.25) is 0 Å². The number of hydrogen-bond acceptors (Lipinski definition) is 3. The topological polar surface area (TPSA) is 37.6 Å². The Morgan fingerprint density at radius 1 is 1.26 bits per heavy atom. The van der Waals surface area contributed by atoms with Crippen LogP contribution < -0.4 is 0 Å². The van der Waals surface area contributed by atoms with Crippen LogP contribution in [0.2, 0.25) is 0 Å². The van der Waals surface area contributed by atoms with Gasteiger partial charge in [0.05, 0.1) is 12.7 Å². The highest BCUT2D eigenvalue weighted by molar-refractivity contribution is 5.85. The lowest BCUT2D eigenvalue weighted by Gasteiger charge is -2.13. The van der Waals surface area contributed by atoms with Gasteiger partial charge in [0, 0.05) is 50.4 Å². The molecule has 0 amide bonds. The predicted octanol–water partition coefficient (Wildman–Crippen LogP) is 2.84. The van der Waals surface area contributed by atoms with Gasteiger partial charge in [-0.05, 0) is 55.5 Å². The van der Waals surface area contributed by atoms with Crippen LogP contribution in [0.4, 0.5) is 0 Å². The first-order valence-electron chi connectivity index (χ1n) is 8.66. The quantitative estimate of drug-likeness (QED) is 0.798. The third-order valence-corrected chi connectivity index (χ3v) is 4.77. The van der Waals surface area contributed by atoms with E-state index in [0.717, 1.165) is 45.7 Å². The van der Waals surface area contributed by atoms with Crippen LogP contribution in [0.5, 0.6) is 0 Å². The normalized spacial score (nSPS) is 16.2. The maximum Gasteiger partial charge on any atom is 0.0593 e. The monoisotopic (exact) mass is 316 g/mol. The molecule has 0 radical (unpaired) electrons. The number of hydrogen-bond donors (Lipinski definition) is 1. The van der Waals surface area contributed by atoms with Crippen molar-refractivity contribution < 1.29 is 9.84 Å². The fraction of sp³-hybridized carbons (Fsp3) is 0.579. The maximum atomic E-state index is 9.56. The molecule has 0 bridgehead atoms. The summed E-state index contributed by atoms with van der Waals surface area (Å²) in [6.07, 6.45) is 3.72. The SMILES string of the molecule is CCOCCN1Cc2cc3c(CCC(C)O)cn(C)c3cc2C1. The number of aromatic nitrogens is 1. The molecule has 1 aromatic heterocycles. The zero-order valence-electron chi connectivity index (χ0n) is 14.5. The van der Waals surface area contributed by atoms with E-state index in [1.54, 1.807) is 0 Å². The Kier molecular flexibility index (Phi) is 5.05. The zero-order chi connectivity index (χ0) is 16.4. The first-order chi connectivity index (χ1) is 11.1. The summed E-state index contributed by atoms with van der Waals surface area (Å²) < 4.78 is 7.70. The summed E-state index contributed by atoms with van der Waals surface area (Å²) in [6.45, 7) is 8.53. The van der Waals surface area contributed by atoms with Gasteiger partial charge >= 0.3 is 0 Å². The fourth-order valence-corrected chi connectivity index (χ4v) is 3.49. The molecule has 0 spiro atoms. The number of ether oxygens (including phenoxy) is 1. The van der Waals surface area contributed by atoms with Crippen molar-refractivity contribution >= 4 is 10.9 Å². The Labute approximate surface area is 138 Å². The van der Waals surface area contributed by atoms with Gasteiger partial charge in [-0.3, -0.25) is 4.90 Å². The lowest BCUT2D eigenvalue weighted by molar-refractivity contribution is 0.113. The summed E-state index contributed by atoms with van der Waals surface area (Å²) in [5, 5.41) is 10.9. The second-order valence-electron chi connectivity index (χ2n) is 6.70. The molecule has 2 heterocycles. The number of rotatable bonds is 7. The molecule has 0 fully saturated rings. The van der Waals surface area contributed by atoms with Gasteiger partial charge in [-0.2, -0.15) is 0 Å². The molecular weight excluding hydrogens is 288 g/mol. The van der Waals surface area contributed by atoms with Crippen molar-refractivity contribution in [1.29, 1.82) is 0 Å². The van der Waals surface area contributed by atoms with Crippen LogP contribution in [-0.2, 0) is 31.3 Å². The maximum absolute atomic E-state index is 9.56. The lowest BCUT2D eigenvalue weighted by atomic mass is 10.0. The molecule has 1 unspecified atom stereocenters. The zero-order valence-corrected chi connectivity index (χ0v) is 14.5. The Balaban J connectivity index is 1.80. The van der Waals surface area contributed by atoms with Crippen LogP contribution in [0.3, 0.4) is 0 Å². The molecule has 1 aromatic carbocycles. The van der Waals surface area contributed by atoms with E-state index in [9.17, 15) is 5.11 Å². The van der Waals surface area contributed by atoms with E-state index in [-0.39, 0.29) is 6.10 Å².